The first-order valence-corrected chi connectivity index (χ1v) is 8.10. The largest absolute Gasteiger partial charge is 0.273 e. The van der Waals surface area contributed by atoms with Crippen LogP contribution in [0.2, 0.25) is 0 Å². The van der Waals surface area contributed by atoms with Gasteiger partial charge in [-0.05, 0) is 23.8 Å². The van der Waals surface area contributed by atoms with Crippen molar-refractivity contribution >= 4 is 27.5 Å². The highest BCUT2D eigenvalue weighted by Crippen LogP contribution is 2.15. The number of hydrogen-bond donors (Lipinski definition) is 1. The normalized spacial score (nSPS) is 19.8. The molecule has 1 atom stereocenters. The van der Waals surface area contributed by atoms with Crippen LogP contribution < -0.4 is 5.43 Å². The maximum absolute atomic E-state index is 11.5. The van der Waals surface area contributed by atoms with Crippen LogP contribution in [0.25, 0.3) is 6.08 Å². The van der Waals surface area contributed by atoms with E-state index in [4.69, 9.17) is 0 Å². The van der Waals surface area contributed by atoms with Crippen LogP contribution in [-0.2, 0) is 14.6 Å². The van der Waals surface area contributed by atoms with Crippen molar-refractivity contribution < 1.29 is 13.2 Å². The number of nitrogens with one attached hydrogen (secondary N) is 1. The van der Waals surface area contributed by atoms with Gasteiger partial charge in [0.25, 0.3) is 0 Å². The van der Waals surface area contributed by atoms with Crippen LogP contribution in [0.3, 0.4) is 0 Å². The number of rotatable bonds is 3. The van der Waals surface area contributed by atoms with E-state index in [2.05, 4.69) is 10.5 Å². The van der Waals surface area contributed by atoms with Gasteiger partial charge in [0.15, 0.2) is 9.84 Å². The Hall–Kier alpha value is -1.95. The van der Waals surface area contributed by atoms with Gasteiger partial charge < -0.3 is 0 Å². The number of hydrazone groups is 1. The Balaban J connectivity index is 2.22. The monoisotopic (exact) mass is 292 g/mol. The van der Waals surface area contributed by atoms with Crippen molar-refractivity contribution in [1.29, 1.82) is 0 Å². The van der Waals surface area contributed by atoms with Crippen molar-refractivity contribution in [2.75, 3.05) is 6.26 Å². The van der Waals surface area contributed by atoms with Gasteiger partial charge >= 0.3 is 0 Å². The molecular formula is C14H16N2O3S. The van der Waals surface area contributed by atoms with Gasteiger partial charge in [-0.25, -0.2) is 13.8 Å². The number of amides is 1. The molecule has 0 saturated heterocycles. The predicted molar refractivity (Wildman–Crippen MR) is 77.9 cm³/mol. The van der Waals surface area contributed by atoms with Crippen LogP contribution in [0.1, 0.15) is 18.9 Å². The Morgan fingerprint density at radius 3 is 2.75 bits per heavy atom. The summed E-state index contributed by atoms with van der Waals surface area (Å²) in [5.41, 5.74) is 3.99. The molecule has 106 valence electrons. The summed E-state index contributed by atoms with van der Waals surface area (Å²) < 4.78 is 23.0. The molecule has 0 spiro atoms. The van der Waals surface area contributed by atoms with Crippen LogP contribution in [0.4, 0.5) is 0 Å². The van der Waals surface area contributed by atoms with Crippen LogP contribution >= 0.6 is 0 Å². The molecule has 5 nitrogen and oxygen atoms in total. The van der Waals surface area contributed by atoms with E-state index in [9.17, 15) is 13.2 Å². The first-order valence-electron chi connectivity index (χ1n) is 6.21. The Labute approximate surface area is 118 Å². The van der Waals surface area contributed by atoms with Crippen LogP contribution in [-0.4, -0.2) is 26.3 Å². The maximum atomic E-state index is 11.5. The molecule has 0 aromatic heterocycles. The summed E-state index contributed by atoms with van der Waals surface area (Å²) in [6, 6.07) is 6.69. The van der Waals surface area contributed by atoms with Gasteiger partial charge in [-0.1, -0.05) is 25.1 Å². The fraction of sp³-hybridized carbons (Fsp3) is 0.286. The van der Waals surface area contributed by atoms with Crippen molar-refractivity contribution in [3.8, 4) is 0 Å². The molecule has 1 aromatic rings. The van der Waals surface area contributed by atoms with E-state index in [-0.39, 0.29) is 16.7 Å². The van der Waals surface area contributed by atoms with Gasteiger partial charge in [-0.15, -0.1) is 0 Å². The molecule has 6 heteroatoms. The number of carbonyl (C=O) groups excluding carboxylic acids is 1. The highest BCUT2D eigenvalue weighted by molar-refractivity contribution is 7.90. The van der Waals surface area contributed by atoms with Gasteiger partial charge in [0.1, 0.15) is 0 Å². The number of carbonyl (C=O) groups is 1. The predicted octanol–water partition coefficient (Wildman–Crippen LogP) is 1.62. The van der Waals surface area contributed by atoms with Crippen molar-refractivity contribution in [3.63, 3.8) is 0 Å². The topological polar surface area (TPSA) is 75.6 Å². The van der Waals surface area contributed by atoms with Crippen LogP contribution in [0.15, 0.2) is 40.3 Å². The molecule has 1 aromatic carbocycles. The molecule has 0 saturated carbocycles. The summed E-state index contributed by atoms with van der Waals surface area (Å²) in [6.07, 6.45) is 5.18. The van der Waals surface area contributed by atoms with E-state index in [1.54, 1.807) is 30.4 Å². The maximum Gasteiger partial charge on any atom is 0.240 e. The highest BCUT2D eigenvalue weighted by atomic mass is 32.2. The minimum absolute atomic E-state index is 0.0538. The summed E-state index contributed by atoms with van der Waals surface area (Å²) in [5, 5.41) is 3.99. The van der Waals surface area contributed by atoms with E-state index in [1.165, 1.54) is 6.26 Å². The van der Waals surface area contributed by atoms with E-state index < -0.39 is 9.84 Å². The molecule has 2 rings (SSSR count). The van der Waals surface area contributed by atoms with Crippen LogP contribution in [0, 0.1) is 5.92 Å². The standard InChI is InChI=1S/C14H16N2O3S/c1-10-8-14(17)16-15-13(10)7-6-11-4-3-5-12(9-11)20(2,18)19/h3-7,9-10H,8H2,1-2H3,(H,16,17). The number of allylic oxidation sites excluding steroid dienone is 1. The lowest BCUT2D eigenvalue weighted by Gasteiger charge is -2.16. The van der Waals surface area contributed by atoms with Crippen molar-refractivity contribution in [3.05, 3.63) is 35.9 Å². The fourth-order valence-corrected chi connectivity index (χ4v) is 2.57. The molecule has 0 aliphatic carbocycles. The molecule has 1 amide bonds. The lowest BCUT2D eigenvalue weighted by molar-refractivity contribution is -0.121. The third-order valence-electron chi connectivity index (χ3n) is 3.04. The summed E-state index contributed by atoms with van der Waals surface area (Å²) in [4.78, 5) is 11.4. The van der Waals surface area contributed by atoms with Crippen molar-refractivity contribution in [2.45, 2.75) is 18.2 Å². The third-order valence-corrected chi connectivity index (χ3v) is 4.15. The third kappa shape index (κ3) is 3.54. The zero-order valence-electron chi connectivity index (χ0n) is 11.3. The Morgan fingerprint density at radius 1 is 1.35 bits per heavy atom. The molecule has 1 aliphatic heterocycles. The minimum atomic E-state index is -3.21. The molecule has 0 bridgehead atoms. The molecule has 0 radical (unpaired) electrons. The van der Waals surface area contributed by atoms with Crippen molar-refractivity contribution in [2.24, 2.45) is 11.0 Å². The average molecular weight is 292 g/mol. The number of hydrogen-bond acceptors (Lipinski definition) is 4. The molecular weight excluding hydrogens is 276 g/mol. The highest BCUT2D eigenvalue weighted by Gasteiger charge is 2.17. The van der Waals surface area contributed by atoms with Gasteiger partial charge in [-0.3, -0.25) is 4.79 Å². The smallest absolute Gasteiger partial charge is 0.240 e. The molecule has 1 heterocycles. The second kappa shape index (κ2) is 5.58. The summed E-state index contributed by atoms with van der Waals surface area (Å²) in [5.74, 6) is -0.0354. The van der Waals surface area contributed by atoms with Gasteiger partial charge in [0.2, 0.25) is 5.91 Å². The van der Waals surface area contributed by atoms with E-state index >= 15 is 0 Å². The molecule has 1 unspecified atom stereocenters. The first kappa shape index (κ1) is 14.5. The van der Waals surface area contributed by atoms with E-state index in [0.717, 1.165) is 11.3 Å². The lowest BCUT2D eigenvalue weighted by Crippen LogP contribution is -2.30. The Morgan fingerprint density at radius 2 is 2.10 bits per heavy atom. The number of nitrogens with zero attached hydrogens (tertiary/aromatic N) is 1. The fourth-order valence-electron chi connectivity index (χ4n) is 1.90. The SMILES string of the molecule is CC1CC(=O)NN=C1C=Cc1cccc(S(C)(=O)=O)c1. The van der Waals surface area contributed by atoms with Crippen LogP contribution in [0.5, 0.6) is 0 Å². The molecule has 20 heavy (non-hydrogen) atoms. The molecule has 0 fully saturated rings. The average Bonchev–Trinajstić information content (AvgIpc) is 2.37. The van der Waals surface area contributed by atoms with Gasteiger partial charge in [0, 0.05) is 18.6 Å². The summed E-state index contributed by atoms with van der Waals surface area (Å²) >= 11 is 0. The molecule has 1 aliphatic rings. The zero-order valence-corrected chi connectivity index (χ0v) is 12.1. The van der Waals surface area contributed by atoms with E-state index in [0.29, 0.717) is 6.42 Å². The lowest BCUT2D eigenvalue weighted by atomic mass is 9.99. The van der Waals surface area contributed by atoms with E-state index in [1.807, 2.05) is 13.0 Å². The first-order chi connectivity index (χ1) is 9.36. The quantitative estimate of drug-likeness (QED) is 0.919. The van der Waals surface area contributed by atoms with Crippen molar-refractivity contribution in [1.82, 2.24) is 5.43 Å². The summed E-state index contributed by atoms with van der Waals surface area (Å²) in [7, 11) is -3.21. The Bertz CT molecular complexity index is 690. The summed E-state index contributed by atoms with van der Waals surface area (Å²) in [6.45, 7) is 1.93. The Kier molecular flexibility index (Phi) is 4.04. The van der Waals surface area contributed by atoms with Gasteiger partial charge in [0.05, 0.1) is 10.6 Å². The molecule has 1 N–H and O–H groups in total. The zero-order chi connectivity index (χ0) is 14.8. The second-order valence-corrected chi connectivity index (χ2v) is 6.87. The number of benzene rings is 1. The second-order valence-electron chi connectivity index (χ2n) is 4.85. The van der Waals surface area contributed by atoms with Gasteiger partial charge in [-0.2, -0.15) is 5.10 Å². The number of sulfone groups is 1. The minimum Gasteiger partial charge on any atom is -0.273 e.